The van der Waals surface area contributed by atoms with Crippen LogP contribution in [0.25, 0.3) is 0 Å². The third-order valence-corrected chi connectivity index (χ3v) is 6.23. The maximum absolute atomic E-state index is 11.4. The summed E-state index contributed by atoms with van der Waals surface area (Å²) in [6, 6.07) is 7.96. The lowest BCUT2D eigenvalue weighted by atomic mass is 9.57. The second-order valence-electron chi connectivity index (χ2n) is 7.52. The molecule has 1 aromatic rings. The minimum absolute atomic E-state index is 0.397. The van der Waals surface area contributed by atoms with Gasteiger partial charge in [-0.15, -0.1) is 0 Å². The number of allylic oxidation sites excluding steroid dienone is 1. The van der Waals surface area contributed by atoms with Gasteiger partial charge in [0, 0.05) is 6.42 Å². The number of hydrogen-bond donors (Lipinski definition) is 0. The number of fused-ring (bicyclic) bond motifs is 3. The van der Waals surface area contributed by atoms with Crippen LogP contribution in [0.4, 0.5) is 0 Å². The fraction of sp³-hybridized carbons (Fsp3) is 0.550. The molecule has 0 spiro atoms. The van der Waals surface area contributed by atoms with Gasteiger partial charge in [0.15, 0.2) is 0 Å². The Balaban J connectivity index is 1.92. The Hall–Kier alpha value is -1.80. The van der Waals surface area contributed by atoms with Gasteiger partial charge in [-0.3, -0.25) is 0 Å². The molecule has 0 unspecified atom stereocenters. The van der Waals surface area contributed by atoms with E-state index in [-0.39, 0.29) is 0 Å². The quantitative estimate of drug-likeness (QED) is 0.597. The molecule has 25 heavy (non-hydrogen) atoms. The lowest BCUT2D eigenvalue weighted by molar-refractivity contribution is 0.177. The molecular formula is C20H25NO3S. The number of rotatable bonds is 4. The van der Waals surface area contributed by atoms with E-state index in [4.69, 9.17) is 9.44 Å². The molecule has 0 amide bonds. The van der Waals surface area contributed by atoms with Crippen molar-refractivity contribution in [2.75, 3.05) is 6.26 Å². The number of hydrogen-bond acceptors (Lipinski definition) is 4. The van der Waals surface area contributed by atoms with Crippen LogP contribution in [0.5, 0.6) is 5.75 Å². The molecule has 0 aromatic heterocycles. The monoisotopic (exact) mass is 359 g/mol. The van der Waals surface area contributed by atoms with Gasteiger partial charge in [0.05, 0.1) is 12.3 Å². The van der Waals surface area contributed by atoms with Crippen molar-refractivity contribution in [3.8, 4) is 11.8 Å². The van der Waals surface area contributed by atoms with E-state index in [2.05, 4.69) is 19.6 Å². The Labute approximate surface area is 150 Å². The van der Waals surface area contributed by atoms with Gasteiger partial charge in [0.1, 0.15) is 5.75 Å². The highest BCUT2D eigenvalue weighted by Crippen LogP contribution is 2.53. The molecule has 1 aromatic carbocycles. The fourth-order valence-corrected chi connectivity index (χ4v) is 5.35. The van der Waals surface area contributed by atoms with Crippen LogP contribution >= 0.6 is 0 Å². The van der Waals surface area contributed by atoms with Crippen LogP contribution < -0.4 is 4.18 Å². The summed E-state index contributed by atoms with van der Waals surface area (Å²) < 4.78 is 27.8. The average molecular weight is 359 g/mol. The molecule has 2 aliphatic rings. The Kier molecular flexibility index (Phi) is 4.92. The highest BCUT2D eigenvalue weighted by atomic mass is 32.2. The topological polar surface area (TPSA) is 67.2 Å². The summed E-state index contributed by atoms with van der Waals surface area (Å²) in [4.78, 5) is 0. The molecule has 2 aliphatic carbocycles. The molecule has 0 saturated heterocycles. The minimum atomic E-state index is -3.51. The molecule has 3 rings (SSSR count). The van der Waals surface area contributed by atoms with E-state index in [0.29, 0.717) is 35.8 Å². The normalized spacial score (nSPS) is 28.6. The first-order valence-corrected chi connectivity index (χ1v) is 10.7. The van der Waals surface area contributed by atoms with Gasteiger partial charge >= 0.3 is 10.1 Å². The van der Waals surface area contributed by atoms with E-state index < -0.39 is 10.1 Å². The van der Waals surface area contributed by atoms with Gasteiger partial charge in [-0.05, 0) is 72.6 Å². The number of benzene rings is 1. The molecule has 0 radical (unpaired) electrons. The second-order valence-corrected chi connectivity index (χ2v) is 9.09. The van der Waals surface area contributed by atoms with Crippen molar-refractivity contribution in [3.63, 3.8) is 0 Å². The molecule has 1 saturated carbocycles. The van der Waals surface area contributed by atoms with Crippen molar-refractivity contribution < 1.29 is 12.6 Å². The molecule has 1 fully saturated rings. The largest absolute Gasteiger partial charge is 0.383 e. The molecule has 0 bridgehead atoms. The Morgan fingerprint density at radius 2 is 2.16 bits per heavy atom. The summed E-state index contributed by atoms with van der Waals surface area (Å²) in [5, 5.41) is 8.97. The lowest BCUT2D eigenvalue weighted by Crippen LogP contribution is -2.36. The van der Waals surface area contributed by atoms with Gasteiger partial charge < -0.3 is 4.18 Å². The fourth-order valence-electron chi connectivity index (χ4n) is 4.90. The van der Waals surface area contributed by atoms with Crippen LogP contribution in [0.1, 0.15) is 49.7 Å². The minimum Gasteiger partial charge on any atom is -0.383 e. The maximum Gasteiger partial charge on any atom is 0.306 e. The smallest absolute Gasteiger partial charge is 0.306 e. The first-order chi connectivity index (χ1) is 11.8. The predicted molar refractivity (Wildman–Crippen MR) is 97.7 cm³/mol. The van der Waals surface area contributed by atoms with Crippen molar-refractivity contribution >= 4 is 10.1 Å². The van der Waals surface area contributed by atoms with Crippen molar-refractivity contribution in [2.24, 2.45) is 17.8 Å². The summed E-state index contributed by atoms with van der Waals surface area (Å²) in [6.45, 7) is 6.58. The molecule has 0 N–H and O–H groups in total. The van der Waals surface area contributed by atoms with E-state index in [1.54, 1.807) is 6.07 Å². The van der Waals surface area contributed by atoms with Crippen molar-refractivity contribution in [3.05, 3.63) is 41.5 Å². The summed E-state index contributed by atoms with van der Waals surface area (Å²) in [5.41, 5.74) is 3.81. The zero-order chi connectivity index (χ0) is 18.2. The first kappa shape index (κ1) is 18.0. The van der Waals surface area contributed by atoms with Crippen LogP contribution in [-0.2, 0) is 16.5 Å². The van der Waals surface area contributed by atoms with E-state index in [1.807, 2.05) is 12.1 Å². The molecule has 4 atom stereocenters. The van der Waals surface area contributed by atoms with Crippen molar-refractivity contribution in [2.45, 2.75) is 44.9 Å². The summed E-state index contributed by atoms with van der Waals surface area (Å²) in [5.74, 6) is 2.30. The Morgan fingerprint density at radius 3 is 2.84 bits per heavy atom. The molecular weight excluding hydrogens is 334 g/mol. The highest BCUT2D eigenvalue weighted by molar-refractivity contribution is 7.86. The number of nitriles is 1. The second kappa shape index (κ2) is 6.84. The summed E-state index contributed by atoms with van der Waals surface area (Å²) in [7, 11) is -3.51. The van der Waals surface area contributed by atoms with Gasteiger partial charge in [0.25, 0.3) is 0 Å². The molecule has 0 heterocycles. The van der Waals surface area contributed by atoms with Crippen LogP contribution in [0.3, 0.4) is 0 Å². The van der Waals surface area contributed by atoms with Crippen LogP contribution in [0.2, 0.25) is 0 Å². The van der Waals surface area contributed by atoms with E-state index in [0.717, 1.165) is 31.9 Å². The highest BCUT2D eigenvalue weighted by Gasteiger charge is 2.42. The number of nitrogens with zero attached hydrogens (tertiary/aromatic N) is 1. The van der Waals surface area contributed by atoms with Crippen LogP contribution in [0, 0.1) is 29.1 Å². The molecule has 5 heteroatoms. The molecule has 134 valence electrons. The van der Waals surface area contributed by atoms with Gasteiger partial charge in [-0.25, -0.2) is 0 Å². The average Bonchev–Trinajstić information content (AvgIpc) is 2.52. The summed E-state index contributed by atoms with van der Waals surface area (Å²) in [6.07, 6.45) is 5.51. The molecule has 4 nitrogen and oxygen atoms in total. The molecule has 0 aliphatic heterocycles. The third-order valence-electron chi connectivity index (χ3n) is 5.73. The van der Waals surface area contributed by atoms with Crippen molar-refractivity contribution in [1.29, 1.82) is 5.26 Å². The van der Waals surface area contributed by atoms with Gasteiger partial charge in [0.2, 0.25) is 0 Å². The third kappa shape index (κ3) is 3.74. The Bertz CT molecular complexity index is 822. The zero-order valence-electron chi connectivity index (χ0n) is 14.9. The van der Waals surface area contributed by atoms with Crippen LogP contribution in [-0.4, -0.2) is 14.7 Å². The van der Waals surface area contributed by atoms with Crippen molar-refractivity contribution in [1.82, 2.24) is 0 Å². The van der Waals surface area contributed by atoms with Crippen LogP contribution in [0.15, 0.2) is 30.4 Å². The maximum atomic E-state index is 11.4. The SMILES string of the molecule is C=C1C[C@H](C)[C@@H]2c3ccc(OS(C)(=O)=O)cc3CC[C@H]2[C@@H]1CCC#N. The van der Waals surface area contributed by atoms with Gasteiger partial charge in [-0.2, -0.15) is 13.7 Å². The number of aryl methyl sites for hydroxylation is 1. The predicted octanol–water partition coefficient (Wildman–Crippen LogP) is 4.19. The zero-order valence-corrected chi connectivity index (χ0v) is 15.7. The lowest BCUT2D eigenvalue weighted by Gasteiger charge is -2.47. The summed E-state index contributed by atoms with van der Waals surface area (Å²) >= 11 is 0. The van der Waals surface area contributed by atoms with E-state index >= 15 is 0 Å². The van der Waals surface area contributed by atoms with E-state index in [9.17, 15) is 8.42 Å². The van der Waals surface area contributed by atoms with E-state index in [1.165, 1.54) is 16.7 Å². The Morgan fingerprint density at radius 1 is 1.40 bits per heavy atom. The van der Waals surface area contributed by atoms with Gasteiger partial charge in [-0.1, -0.05) is 25.1 Å². The standard InChI is InChI=1S/C20H25NO3S/c1-13-11-14(2)20-18-9-7-16(24-25(3,22)23)12-15(18)6-8-19(20)17(13)5-4-10-21/h7,9,12,14,17,19-20H,1,4-6,8,11H2,2-3H3/t14-,17+,19-,20+/m0/s1. The first-order valence-electron chi connectivity index (χ1n) is 8.87.